The highest BCUT2D eigenvalue weighted by atomic mass is 19.3. The predicted octanol–water partition coefficient (Wildman–Crippen LogP) is 4.59. The molecule has 11 heteroatoms. The van der Waals surface area contributed by atoms with Gasteiger partial charge in [0, 0.05) is 0 Å². The van der Waals surface area contributed by atoms with Crippen LogP contribution >= 0.6 is 0 Å². The van der Waals surface area contributed by atoms with Crippen LogP contribution in [0.15, 0.2) is 25.3 Å². The van der Waals surface area contributed by atoms with Crippen LogP contribution in [0.5, 0.6) is 0 Å². The van der Waals surface area contributed by atoms with Gasteiger partial charge in [0.25, 0.3) is 0 Å². The highest BCUT2D eigenvalue weighted by Gasteiger charge is 2.56. The molecule has 0 fully saturated rings. The summed E-state index contributed by atoms with van der Waals surface area (Å²) in [5.41, 5.74) is 0. The molecule has 0 amide bonds. The zero-order chi connectivity index (χ0) is 18.6. The summed E-state index contributed by atoms with van der Waals surface area (Å²) in [6, 6.07) is 0. The zero-order valence-corrected chi connectivity index (χ0v) is 11.2. The average Bonchev–Trinajstić information content (AvgIpc) is 2.46. The molecule has 0 radical (unpaired) electrons. The van der Waals surface area contributed by atoms with Crippen LogP contribution in [0.25, 0.3) is 0 Å². The summed E-state index contributed by atoms with van der Waals surface area (Å²) in [5, 5.41) is 0. The van der Waals surface area contributed by atoms with Crippen molar-refractivity contribution in [3.05, 3.63) is 25.3 Å². The van der Waals surface area contributed by atoms with E-state index in [1.165, 1.54) is 0 Å². The Labute approximate surface area is 124 Å². The van der Waals surface area contributed by atoms with Crippen molar-refractivity contribution >= 4 is 0 Å². The first-order valence-electron chi connectivity index (χ1n) is 5.84. The zero-order valence-electron chi connectivity index (χ0n) is 11.2. The minimum Gasteiger partial charge on any atom is -0.360 e. The van der Waals surface area contributed by atoms with Crippen molar-refractivity contribution in [2.45, 2.75) is 49.2 Å². The molecule has 4 atom stereocenters. The molecule has 0 spiro atoms. The average molecular weight is 362 g/mol. The number of rotatable bonds is 10. The maximum atomic E-state index is 13.4. The van der Waals surface area contributed by atoms with Crippen molar-refractivity contribution in [3.8, 4) is 0 Å². The molecule has 136 valence electrons. The molecule has 0 aromatic carbocycles. The summed E-state index contributed by atoms with van der Waals surface area (Å²) in [6.07, 6.45) is -21.5. The summed E-state index contributed by atoms with van der Waals surface area (Å²) < 4.78 is 130. The Morgan fingerprint density at radius 3 is 1.09 bits per heavy atom. The van der Waals surface area contributed by atoms with E-state index in [9.17, 15) is 43.9 Å². The Morgan fingerprint density at radius 1 is 0.652 bits per heavy atom. The lowest BCUT2D eigenvalue weighted by Gasteiger charge is -2.31. The van der Waals surface area contributed by atoms with Crippen LogP contribution in [0.3, 0.4) is 0 Å². The summed E-state index contributed by atoms with van der Waals surface area (Å²) in [4.78, 5) is 0. The molecule has 0 N–H and O–H groups in total. The minimum atomic E-state index is -5.26. The second kappa shape index (κ2) is 8.02. The third-order valence-electron chi connectivity index (χ3n) is 2.67. The first-order valence-corrected chi connectivity index (χ1v) is 5.84. The maximum Gasteiger partial charge on any atom is 0.340 e. The molecule has 0 saturated carbocycles. The lowest BCUT2D eigenvalue weighted by Crippen LogP contribution is -2.50. The number of ether oxygens (including phenoxy) is 1. The highest BCUT2D eigenvalue weighted by Crippen LogP contribution is 2.36. The standard InChI is InChI=1S/C12H12F10O/c1-3-5(7(13)11(19,20)9(15)16)23-6(4-2)8(14)12(21,22)10(17)18/h3-10H,1-2H2. The third-order valence-corrected chi connectivity index (χ3v) is 2.67. The first kappa shape index (κ1) is 21.7. The van der Waals surface area contributed by atoms with Crippen LogP contribution in [0.4, 0.5) is 43.9 Å². The van der Waals surface area contributed by atoms with Gasteiger partial charge in [0.1, 0.15) is 12.2 Å². The molecule has 4 unspecified atom stereocenters. The molecular formula is C12H12F10O. The van der Waals surface area contributed by atoms with E-state index < -0.39 is 49.2 Å². The van der Waals surface area contributed by atoms with Gasteiger partial charge in [-0.05, 0) is 0 Å². The largest absolute Gasteiger partial charge is 0.360 e. The molecule has 0 bridgehead atoms. The molecule has 1 nitrogen and oxygen atoms in total. The van der Waals surface area contributed by atoms with Crippen LogP contribution in [-0.4, -0.2) is 49.2 Å². The Hall–Kier alpha value is -1.26. The normalized spacial score (nSPS) is 18.6. The van der Waals surface area contributed by atoms with Gasteiger partial charge in [-0.25, -0.2) is 26.3 Å². The molecule has 0 aromatic rings. The molecule has 0 aliphatic rings. The number of halogens is 10. The van der Waals surface area contributed by atoms with Gasteiger partial charge in [0.05, 0.1) is 0 Å². The van der Waals surface area contributed by atoms with Crippen LogP contribution in [-0.2, 0) is 4.74 Å². The molecule has 0 aromatic heterocycles. The second-order valence-corrected chi connectivity index (χ2v) is 4.29. The molecule has 23 heavy (non-hydrogen) atoms. The van der Waals surface area contributed by atoms with E-state index >= 15 is 0 Å². The van der Waals surface area contributed by atoms with E-state index in [4.69, 9.17) is 0 Å². The Kier molecular flexibility index (Phi) is 7.58. The van der Waals surface area contributed by atoms with Gasteiger partial charge >= 0.3 is 24.7 Å². The van der Waals surface area contributed by atoms with Crippen LogP contribution in [0, 0.1) is 0 Å². The first-order chi connectivity index (χ1) is 10.3. The van der Waals surface area contributed by atoms with E-state index in [2.05, 4.69) is 17.9 Å². The van der Waals surface area contributed by atoms with E-state index in [-0.39, 0.29) is 12.2 Å². The topological polar surface area (TPSA) is 9.23 Å². The van der Waals surface area contributed by atoms with E-state index in [0.29, 0.717) is 0 Å². The van der Waals surface area contributed by atoms with E-state index in [0.717, 1.165) is 0 Å². The number of alkyl halides is 10. The SMILES string of the molecule is C=CC(OC(C=C)C(F)C(F)(F)C(F)F)C(F)C(F)(F)C(F)F. The summed E-state index contributed by atoms with van der Waals surface area (Å²) in [5.74, 6) is -10.5. The third kappa shape index (κ3) is 4.85. The van der Waals surface area contributed by atoms with Gasteiger partial charge in [-0.15, -0.1) is 13.2 Å². The van der Waals surface area contributed by atoms with Crippen LogP contribution in [0.2, 0.25) is 0 Å². The van der Waals surface area contributed by atoms with Gasteiger partial charge in [0.2, 0.25) is 0 Å². The van der Waals surface area contributed by atoms with Crippen molar-refractivity contribution in [1.82, 2.24) is 0 Å². The van der Waals surface area contributed by atoms with Gasteiger partial charge in [0.15, 0.2) is 12.3 Å². The van der Waals surface area contributed by atoms with E-state index in [1.807, 2.05) is 0 Å². The van der Waals surface area contributed by atoms with Gasteiger partial charge in [-0.3, -0.25) is 0 Å². The molecular weight excluding hydrogens is 350 g/mol. The monoisotopic (exact) mass is 362 g/mol. The predicted molar refractivity (Wildman–Crippen MR) is 60.7 cm³/mol. The lowest BCUT2D eigenvalue weighted by molar-refractivity contribution is -0.220. The van der Waals surface area contributed by atoms with Crippen molar-refractivity contribution in [3.63, 3.8) is 0 Å². The Morgan fingerprint density at radius 2 is 0.913 bits per heavy atom. The van der Waals surface area contributed by atoms with Crippen LogP contribution < -0.4 is 0 Å². The smallest absolute Gasteiger partial charge is 0.340 e. The fourth-order valence-corrected chi connectivity index (χ4v) is 1.35. The van der Waals surface area contributed by atoms with Gasteiger partial charge in [-0.2, -0.15) is 17.6 Å². The van der Waals surface area contributed by atoms with Crippen molar-refractivity contribution in [1.29, 1.82) is 0 Å². The maximum absolute atomic E-state index is 13.4. The highest BCUT2D eigenvalue weighted by molar-refractivity contribution is 5.00. The van der Waals surface area contributed by atoms with Crippen molar-refractivity contribution in [2.75, 3.05) is 0 Å². The minimum absolute atomic E-state index is 0.185. The molecule has 0 aliphatic heterocycles. The summed E-state index contributed by atoms with van der Waals surface area (Å²) in [6.45, 7) is 5.53. The Balaban J connectivity index is 5.30. The summed E-state index contributed by atoms with van der Waals surface area (Å²) >= 11 is 0. The Bertz CT molecular complexity index is 361. The quantitative estimate of drug-likeness (QED) is 0.408. The number of hydrogen-bond acceptors (Lipinski definition) is 1. The second-order valence-electron chi connectivity index (χ2n) is 4.29. The molecule has 0 heterocycles. The fraction of sp³-hybridized carbons (Fsp3) is 0.667. The lowest BCUT2D eigenvalue weighted by atomic mass is 10.1. The van der Waals surface area contributed by atoms with Gasteiger partial charge < -0.3 is 4.74 Å². The van der Waals surface area contributed by atoms with Crippen LogP contribution in [0.1, 0.15) is 0 Å². The van der Waals surface area contributed by atoms with E-state index in [1.54, 1.807) is 0 Å². The van der Waals surface area contributed by atoms with Crippen molar-refractivity contribution in [2.24, 2.45) is 0 Å². The molecule has 0 saturated heterocycles. The molecule has 0 rings (SSSR count). The molecule has 0 aliphatic carbocycles. The summed E-state index contributed by atoms with van der Waals surface area (Å²) in [7, 11) is 0. The van der Waals surface area contributed by atoms with Crippen molar-refractivity contribution < 1.29 is 48.6 Å². The number of hydrogen-bond donors (Lipinski definition) is 0. The fourth-order valence-electron chi connectivity index (χ4n) is 1.35. The van der Waals surface area contributed by atoms with Gasteiger partial charge in [-0.1, -0.05) is 12.2 Å².